The summed E-state index contributed by atoms with van der Waals surface area (Å²) in [4.78, 5) is 0. The van der Waals surface area contributed by atoms with Crippen LogP contribution >= 0.6 is 15.9 Å². The van der Waals surface area contributed by atoms with Gasteiger partial charge in [0.1, 0.15) is 11.6 Å². The van der Waals surface area contributed by atoms with E-state index in [4.69, 9.17) is 10.5 Å². The Labute approximate surface area is 120 Å². The summed E-state index contributed by atoms with van der Waals surface area (Å²) in [6.45, 7) is 1.95. The predicted octanol–water partition coefficient (Wildman–Crippen LogP) is 3.95. The summed E-state index contributed by atoms with van der Waals surface area (Å²) in [5, 5.41) is 0. The molecule has 0 aromatic heterocycles. The van der Waals surface area contributed by atoms with Crippen molar-refractivity contribution >= 4 is 15.9 Å². The van der Waals surface area contributed by atoms with Crippen LogP contribution in [0.3, 0.4) is 0 Å². The highest BCUT2D eigenvalue weighted by Crippen LogP contribution is 2.28. The molecule has 2 aromatic rings. The van der Waals surface area contributed by atoms with Gasteiger partial charge in [0.05, 0.1) is 13.2 Å². The zero-order valence-electron chi connectivity index (χ0n) is 10.8. The minimum absolute atomic E-state index is 0.310. The van der Waals surface area contributed by atoms with E-state index < -0.39 is 6.04 Å². The molecular weight excluding hydrogens is 309 g/mol. The fourth-order valence-electron chi connectivity index (χ4n) is 1.96. The fourth-order valence-corrected chi connectivity index (χ4v) is 2.34. The zero-order chi connectivity index (χ0) is 14.0. The minimum Gasteiger partial charge on any atom is -0.496 e. The molecule has 2 nitrogen and oxygen atoms in total. The number of nitrogens with two attached hydrogens (primary N) is 1. The Morgan fingerprint density at radius 1 is 1.21 bits per heavy atom. The Morgan fingerprint density at radius 3 is 2.63 bits per heavy atom. The van der Waals surface area contributed by atoms with Crippen LogP contribution in [-0.4, -0.2) is 7.11 Å². The lowest BCUT2D eigenvalue weighted by Gasteiger charge is -2.16. The third kappa shape index (κ3) is 2.96. The molecule has 0 aliphatic carbocycles. The van der Waals surface area contributed by atoms with E-state index in [9.17, 15) is 4.39 Å². The van der Waals surface area contributed by atoms with Crippen molar-refractivity contribution in [3.8, 4) is 5.75 Å². The van der Waals surface area contributed by atoms with Gasteiger partial charge in [-0.15, -0.1) is 0 Å². The quantitative estimate of drug-likeness (QED) is 0.928. The van der Waals surface area contributed by atoms with Gasteiger partial charge >= 0.3 is 0 Å². The Hall–Kier alpha value is -1.39. The van der Waals surface area contributed by atoms with Crippen LogP contribution in [0.15, 0.2) is 40.9 Å². The van der Waals surface area contributed by atoms with Gasteiger partial charge in [-0.25, -0.2) is 4.39 Å². The number of rotatable bonds is 3. The first kappa shape index (κ1) is 14.0. The largest absolute Gasteiger partial charge is 0.496 e. The van der Waals surface area contributed by atoms with Crippen LogP contribution in [0, 0.1) is 12.7 Å². The summed E-state index contributed by atoms with van der Waals surface area (Å²) in [6, 6.07) is 9.90. The molecule has 0 heterocycles. The van der Waals surface area contributed by atoms with Gasteiger partial charge in [-0.1, -0.05) is 28.1 Å². The van der Waals surface area contributed by atoms with E-state index in [0.717, 1.165) is 21.3 Å². The van der Waals surface area contributed by atoms with Crippen molar-refractivity contribution in [2.45, 2.75) is 13.0 Å². The summed E-state index contributed by atoms with van der Waals surface area (Å²) >= 11 is 3.33. The zero-order valence-corrected chi connectivity index (χ0v) is 12.4. The Kier molecular flexibility index (Phi) is 4.22. The van der Waals surface area contributed by atoms with Crippen LogP contribution in [0.5, 0.6) is 5.75 Å². The van der Waals surface area contributed by atoms with E-state index in [1.807, 2.05) is 25.1 Å². The van der Waals surface area contributed by atoms with E-state index in [2.05, 4.69) is 15.9 Å². The number of ether oxygens (including phenoxy) is 1. The number of hydrogen-bond acceptors (Lipinski definition) is 2. The second-order valence-electron chi connectivity index (χ2n) is 4.37. The molecule has 0 saturated heterocycles. The van der Waals surface area contributed by atoms with Gasteiger partial charge in [-0.2, -0.15) is 0 Å². The lowest BCUT2D eigenvalue weighted by Crippen LogP contribution is -2.14. The van der Waals surface area contributed by atoms with E-state index >= 15 is 0 Å². The summed E-state index contributed by atoms with van der Waals surface area (Å²) in [5.41, 5.74) is 8.44. The number of hydrogen-bond donors (Lipinski definition) is 1. The molecule has 19 heavy (non-hydrogen) atoms. The van der Waals surface area contributed by atoms with Gasteiger partial charge in [0.2, 0.25) is 0 Å². The smallest absolute Gasteiger partial charge is 0.128 e. The van der Waals surface area contributed by atoms with Gasteiger partial charge in [0, 0.05) is 10.0 Å². The van der Waals surface area contributed by atoms with Crippen molar-refractivity contribution in [3.05, 3.63) is 63.4 Å². The molecule has 0 fully saturated rings. The molecule has 2 aromatic carbocycles. The summed E-state index contributed by atoms with van der Waals surface area (Å²) < 4.78 is 19.9. The molecule has 0 bridgehead atoms. The second kappa shape index (κ2) is 5.72. The molecular formula is C15H15BrFNO. The second-order valence-corrected chi connectivity index (χ2v) is 5.29. The predicted molar refractivity (Wildman–Crippen MR) is 77.9 cm³/mol. The molecule has 0 spiro atoms. The van der Waals surface area contributed by atoms with Gasteiger partial charge in [0.15, 0.2) is 0 Å². The lowest BCUT2D eigenvalue weighted by molar-refractivity contribution is 0.411. The van der Waals surface area contributed by atoms with Gasteiger partial charge < -0.3 is 10.5 Å². The maximum absolute atomic E-state index is 13.8. The molecule has 0 saturated carbocycles. The SMILES string of the molecule is COc1cc(C(N)c2cc(Br)ccc2F)ccc1C. The Morgan fingerprint density at radius 2 is 1.95 bits per heavy atom. The van der Waals surface area contributed by atoms with Gasteiger partial charge in [-0.3, -0.25) is 0 Å². The molecule has 4 heteroatoms. The van der Waals surface area contributed by atoms with Crippen LogP contribution < -0.4 is 10.5 Å². The monoisotopic (exact) mass is 323 g/mol. The van der Waals surface area contributed by atoms with Crippen LogP contribution in [0.2, 0.25) is 0 Å². The molecule has 100 valence electrons. The van der Waals surface area contributed by atoms with Crippen molar-refractivity contribution in [2.24, 2.45) is 5.73 Å². The van der Waals surface area contributed by atoms with Crippen LogP contribution in [-0.2, 0) is 0 Å². The van der Waals surface area contributed by atoms with Crippen LogP contribution in [0.1, 0.15) is 22.7 Å². The van der Waals surface area contributed by atoms with Crippen molar-refractivity contribution in [1.82, 2.24) is 0 Å². The van der Waals surface area contributed by atoms with Crippen LogP contribution in [0.25, 0.3) is 0 Å². The van der Waals surface area contributed by atoms with Crippen molar-refractivity contribution in [3.63, 3.8) is 0 Å². The number of halogens is 2. The van der Waals surface area contributed by atoms with E-state index in [0.29, 0.717) is 5.56 Å². The Bertz CT molecular complexity index is 601. The number of aryl methyl sites for hydroxylation is 1. The summed E-state index contributed by atoms with van der Waals surface area (Å²) in [7, 11) is 1.61. The van der Waals surface area contributed by atoms with Gasteiger partial charge in [0.25, 0.3) is 0 Å². The summed E-state index contributed by atoms with van der Waals surface area (Å²) in [6.07, 6.45) is 0. The highest BCUT2D eigenvalue weighted by atomic mass is 79.9. The molecule has 1 atom stereocenters. The fraction of sp³-hybridized carbons (Fsp3) is 0.200. The molecule has 0 aliphatic rings. The molecule has 1 unspecified atom stereocenters. The lowest BCUT2D eigenvalue weighted by atomic mass is 9.98. The third-order valence-corrected chi connectivity index (χ3v) is 3.58. The van der Waals surface area contributed by atoms with Gasteiger partial charge in [-0.05, 0) is 42.3 Å². The average Bonchev–Trinajstić information content (AvgIpc) is 2.41. The normalized spacial score (nSPS) is 12.3. The first-order chi connectivity index (χ1) is 9.02. The highest BCUT2D eigenvalue weighted by molar-refractivity contribution is 9.10. The molecule has 2 rings (SSSR count). The van der Waals surface area contributed by atoms with E-state index in [1.165, 1.54) is 6.07 Å². The topological polar surface area (TPSA) is 35.2 Å². The highest BCUT2D eigenvalue weighted by Gasteiger charge is 2.15. The van der Waals surface area contributed by atoms with Crippen LogP contribution in [0.4, 0.5) is 4.39 Å². The van der Waals surface area contributed by atoms with E-state index in [1.54, 1.807) is 19.2 Å². The van der Waals surface area contributed by atoms with Crippen molar-refractivity contribution in [2.75, 3.05) is 7.11 Å². The molecule has 0 radical (unpaired) electrons. The Balaban J connectivity index is 2.43. The van der Waals surface area contributed by atoms with Crippen molar-refractivity contribution in [1.29, 1.82) is 0 Å². The molecule has 0 amide bonds. The average molecular weight is 324 g/mol. The standard InChI is InChI=1S/C15H15BrFNO/c1-9-3-4-10(7-14(9)19-2)15(18)12-8-11(16)5-6-13(12)17/h3-8,15H,18H2,1-2H3. The molecule has 0 aliphatic heterocycles. The van der Waals surface area contributed by atoms with E-state index in [-0.39, 0.29) is 5.82 Å². The first-order valence-electron chi connectivity index (χ1n) is 5.88. The number of benzene rings is 2. The summed E-state index contributed by atoms with van der Waals surface area (Å²) in [5.74, 6) is 0.443. The van der Waals surface area contributed by atoms with Crippen molar-refractivity contribution < 1.29 is 9.13 Å². The molecule has 2 N–H and O–H groups in total. The maximum Gasteiger partial charge on any atom is 0.128 e. The first-order valence-corrected chi connectivity index (χ1v) is 6.67. The minimum atomic E-state index is -0.521. The third-order valence-electron chi connectivity index (χ3n) is 3.08. The number of methoxy groups -OCH3 is 1. The maximum atomic E-state index is 13.8.